The molecule has 1 aliphatic heterocycles. The van der Waals surface area contributed by atoms with E-state index in [2.05, 4.69) is 38.9 Å². The average Bonchev–Trinajstić information content (AvgIpc) is 3.45. The van der Waals surface area contributed by atoms with Gasteiger partial charge in [-0.3, -0.25) is 19.4 Å². The second-order valence-electron chi connectivity index (χ2n) is 9.44. The molecule has 0 radical (unpaired) electrons. The van der Waals surface area contributed by atoms with Gasteiger partial charge in [0.1, 0.15) is 11.4 Å². The van der Waals surface area contributed by atoms with E-state index in [1.807, 2.05) is 42.5 Å². The van der Waals surface area contributed by atoms with Crippen molar-refractivity contribution in [2.45, 2.75) is 26.1 Å². The lowest BCUT2D eigenvalue weighted by Crippen LogP contribution is -2.30. The SMILES string of the molecule is CC(C)c1ccccc1N1C(=O)CS/C1=N/N=C/c1ccc2c(C=Nc3ccc(OC(F)(F)F)cc3)nn(C)c2c1. The fraction of sp³-hybridized carbons (Fsp3) is 0.207. The first-order valence-electron chi connectivity index (χ1n) is 12.6. The van der Waals surface area contributed by atoms with Crippen molar-refractivity contribution in [3.63, 3.8) is 0 Å². The summed E-state index contributed by atoms with van der Waals surface area (Å²) in [5.41, 5.74) is 4.56. The molecule has 0 N–H and O–H groups in total. The minimum Gasteiger partial charge on any atom is -0.406 e. The van der Waals surface area contributed by atoms with Crippen LogP contribution in [0.1, 0.15) is 36.6 Å². The molecule has 3 aromatic carbocycles. The van der Waals surface area contributed by atoms with Crippen LogP contribution in [-0.2, 0) is 11.8 Å². The van der Waals surface area contributed by atoms with Crippen molar-refractivity contribution in [1.82, 2.24) is 9.78 Å². The molecule has 0 spiro atoms. The molecule has 0 atom stereocenters. The fourth-order valence-electron chi connectivity index (χ4n) is 4.34. The molecule has 210 valence electrons. The maximum atomic E-state index is 12.7. The number of fused-ring (bicyclic) bond motifs is 1. The van der Waals surface area contributed by atoms with E-state index < -0.39 is 6.36 Å². The van der Waals surface area contributed by atoms with E-state index >= 15 is 0 Å². The van der Waals surface area contributed by atoms with Gasteiger partial charge < -0.3 is 4.74 Å². The molecule has 5 rings (SSSR count). The summed E-state index contributed by atoms with van der Waals surface area (Å²) >= 11 is 1.35. The number of hydrogen-bond acceptors (Lipinski definition) is 7. The number of ether oxygens (including phenoxy) is 1. The van der Waals surface area contributed by atoms with E-state index in [0.717, 1.165) is 27.7 Å². The minimum atomic E-state index is -4.75. The summed E-state index contributed by atoms with van der Waals surface area (Å²) in [4.78, 5) is 18.7. The molecule has 0 saturated carbocycles. The number of amidine groups is 1. The standard InChI is InChI=1S/C29H25F3N6O2S/c1-18(2)22-6-4-5-7-25(22)38-27(39)17-41-28(38)35-34-15-19-8-13-23-24(36-37(3)26(23)14-19)16-33-20-9-11-21(12-10-20)40-29(30,31)32/h4-16,18H,17H2,1-3H3/b33-16?,34-15+,35-28+. The third-order valence-electron chi connectivity index (χ3n) is 6.23. The number of hydrogen-bond donors (Lipinski definition) is 0. The van der Waals surface area contributed by atoms with Gasteiger partial charge in [0.15, 0.2) is 5.17 Å². The topological polar surface area (TPSA) is 84.4 Å². The van der Waals surface area contributed by atoms with Crippen molar-refractivity contribution in [3.8, 4) is 5.75 Å². The molecule has 1 fully saturated rings. The lowest BCUT2D eigenvalue weighted by molar-refractivity contribution is -0.274. The highest BCUT2D eigenvalue weighted by Gasteiger charge is 2.32. The zero-order valence-electron chi connectivity index (χ0n) is 22.3. The number of aromatic nitrogens is 2. The Morgan fingerprint density at radius 1 is 1.05 bits per heavy atom. The summed E-state index contributed by atoms with van der Waals surface area (Å²) in [6, 6.07) is 18.7. The summed E-state index contributed by atoms with van der Waals surface area (Å²) < 4.78 is 42.7. The maximum Gasteiger partial charge on any atom is 0.573 e. The van der Waals surface area contributed by atoms with Crippen LogP contribution in [-0.4, -0.2) is 45.4 Å². The van der Waals surface area contributed by atoms with Gasteiger partial charge >= 0.3 is 6.36 Å². The van der Waals surface area contributed by atoms with Crippen LogP contribution in [0.4, 0.5) is 24.5 Å². The van der Waals surface area contributed by atoms with E-state index in [-0.39, 0.29) is 17.6 Å². The number of amides is 1. The minimum absolute atomic E-state index is 0.0341. The zero-order chi connectivity index (χ0) is 29.1. The van der Waals surface area contributed by atoms with E-state index in [0.29, 0.717) is 22.3 Å². The molecule has 1 aromatic heterocycles. The van der Waals surface area contributed by atoms with Gasteiger partial charge in [0, 0.05) is 12.4 Å². The number of anilines is 1. The van der Waals surface area contributed by atoms with Gasteiger partial charge in [-0.2, -0.15) is 10.2 Å². The van der Waals surface area contributed by atoms with Crippen LogP contribution in [0, 0.1) is 0 Å². The van der Waals surface area contributed by atoms with Gasteiger partial charge in [-0.25, -0.2) is 0 Å². The van der Waals surface area contributed by atoms with Crippen molar-refractivity contribution in [3.05, 3.63) is 83.6 Å². The van der Waals surface area contributed by atoms with E-state index in [1.54, 1.807) is 29.1 Å². The number of rotatable bonds is 7. The molecule has 2 heterocycles. The summed E-state index contributed by atoms with van der Waals surface area (Å²) in [7, 11) is 1.80. The Labute approximate surface area is 238 Å². The van der Waals surface area contributed by atoms with Crippen LogP contribution in [0.15, 0.2) is 81.9 Å². The van der Waals surface area contributed by atoms with Crippen LogP contribution in [0.3, 0.4) is 0 Å². The molecule has 0 unspecified atom stereocenters. The highest BCUT2D eigenvalue weighted by molar-refractivity contribution is 8.15. The number of halogens is 3. The lowest BCUT2D eigenvalue weighted by Gasteiger charge is -2.20. The van der Waals surface area contributed by atoms with Gasteiger partial charge in [0.2, 0.25) is 5.91 Å². The van der Waals surface area contributed by atoms with Crippen molar-refractivity contribution in [1.29, 1.82) is 0 Å². The number of nitrogens with zero attached hydrogens (tertiary/aromatic N) is 6. The summed E-state index contributed by atoms with van der Waals surface area (Å²) in [6.07, 6.45) is -1.57. The molecule has 1 saturated heterocycles. The second kappa shape index (κ2) is 11.6. The van der Waals surface area contributed by atoms with Crippen LogP contribution in [0.2, 0.25) is 0 Å². The maximum absolute atomic E-state index is 12.7. The number of benzene rings is 3. The number of carbonyl (C=O) groups excluding carboxylic acids is 1. The van der Waals surface area contributed by atoms with Crippen LogP contribution >= 0.6 is 11.8 Å². The normalized spacial score (nSPS) is 15.4. The largest absolute Gasteiger partial charge is 0.573 e. The molecule has 4 aromatic rings. The molecule has 0 bridgehead atoms. The van der Waals surface area contributed by atoms with Crippen LogP contribution < -0.4 is 9.64 Å². The van der Waals surface area contributed by atoms with Crippen LogP contribution in [0.25, 0.3) is 10.9 Å². The summed E-state index contributed by atoms with van der Waals surface area (Å²) in [6.45, 7) is 4.17. The average molecular weight is 579 g/mol. The van der Waals surface area contributed by atoms with Gasteiger partial charge in [-0.05, 0) is 59.5 Å². The van der Waals surface area contributed by atoms with E-state index in [1.165, 1.54) is 36.0 Å². The van der Waals surface area contributed by atoms with Crippen molar-refractivity contribution < 1.29 is 22.7 Å². The number of para-hydroxylation sites is 1. The summed E-state index contributed by atoms with van der Waals surface area (Å²) in [5.74, 6) is 0.198. The van der Waals surface area contributed by atoms with Crippen molar-refractivity contribution >= 4 is 57.5 Å². The highest BCUT2D eigenvalue weighted by Crippen LogP contribution is 2.33. The Balaban J connectivity index is 1.34. The van der Waals surface area contributed by atoms with Crippen molar-refractivity contribution in [2.24, 2.45) is 22.2 Å². The Hall–Kier alpha value is -4.45. The molecular weight excluding hydrogens is 553 g/mol. The zero-order valence-corrected chi connectivity index (χ0v) is 23.1. The predicted octanol–water partition coefficient (Wildman–Crippen LogP) is 6.82. The number of aliphatic imine (C=N–C) groups is 1. The number of alkyl halides is 3. The number of aryl methyl sites for hydroxylation is 1. The first-order valence-corrected chi connectivity index (χ1v) is 13.6. The van der Waals surface area contributed by atoms with Crippen molar-refractivity contribution in [2.75, 3.05) is 10.7 Å². The number of thioether (sulfide) groups is 1. The van der Waals surface area contributed by atoms with E-state index in [4.69, 9.17) is 0 Å². The molecule has 8 nitrogen and oxygen atoms in total. The van der Waals surface area contributed by atoms with Gasteiger partial charge in [-0.15, -0.1) is 18.3 Å². The highest BCUT2D eigenvalue weighted by atomic mass is 32.2. The molecule has 1 amide bonds. The second-order valence-corrected chi connectivity index (χ2v) is 10.4. The van der Waals surface area contributed by atoms with Gasteiger partial charge in [-0.1, -0.05) is 49.9 Å². The Bertz CT molecular complexity index is 1680. The fourth-order valence-corrected chi connectivity index (χ4v) is 5.16. The van der Waals surface area contributed by atoms with E-state index in [9.17, 15) is 18.0 Å². The lowest BCUT2D eigenvalue weighted by atomic mass is 10.0. The monoisotopic (exact) mass is 578 g/mol. The smallest absolute Gasteiger partial charge is 0.406 e. The molecular formula is C29H25F3N6O2S. The predicted molar refractivity (Wildman–Crippen MR) is 157 cm³/mol. The Morgan fingerprint density at radius 2 is 1.80 bits per heavy atom. The van der Waals surface area contributed by atoms with Crippen LogP contribution in [0.5, 0.6) is 5.75 Å². The molecule has 0 aliphatic carbocycles. The molecule has 1 aliphatic rings. The molecule has 41 heavy (non-hydrogen) atoms. The first kappa shape index (κ1) is 28.1. The van der Waals surface area contributed by atoms with Gasteiger partial charge in [0.05, 0.1) is 35.1 Å². The Kier molecular flexibility index (Phi) is 7.93. The Morgan fingerprint density at radius 3 is 2.54 bits per heavy atom. The number of carbonyl (C=O) groups is 1. The summed E-state index contributed by atoms with van der Waals surface area (Å²) in [5, 5.41) is 14.5. The molecule has 12 heteroatoms. The van der Waals surface area contributed by atoms with Gasteiger partial charge in [0.25, 0.3) is 0 Å². The third-order valence-corrected chi connectivity index (χ3v) is 7.14. The quantitative estimate of drug-likeness (QED) is 0.178. The first-order chi connectivity index (χ1) is 19.6. The third kappa shape index (κ3) is 6.49.